The molecule has 6 nitrogen and oxygen atoms in total. The Morgan fingerprint density at radius 1 is 1.10 bits per heavy atom. The molecule has 0 spiro atoms. The molecule has 0 radical (unpaired) electrons. The van der Waals surface area contributed by atoms with Gasteiger partial charge in [-0.05, 0) is 17.7 Å². The van der Waals surface area contributed by atoms with Crippen LogP contribution in [0.2, 0.25) is 0 Å². The number of carbonyl (C=O) groups is 2. The Balaban J connectivity index is 1.78. The van der Waals surface area contributed by atoms with Crippen LogP contribution in [0.5, 0.6) is 0 Å². The van der Waals surface area contributed by atoms with Crippen LogP contribution in [0.1, 0.15) is 22.2 Å². The van der Waals surface area contributed by atoms with Gasteiger partial charge in [0.15, 0.2) is 11.5 Å². The van der Waals surface area contributed by atoms with E-state index in [9.17, 15) is 14.7 Å². The van der Waals surface area contributed by atoms with E-state index in [4.69, 9.17) is 4.42 Å². The first-order valence-electron chi connectivity index (χ1n) is 9.58. The van der Waals surface area contributed by atoms with E-state index in [2.05, 4.69) is 0 Å². The maximum absolute atomic E-state index is 13.3. The number of aliphatic hydroxyl groups excluding tert-OH is 1. The first-order chi connectivity index (χ1) is 14.0. The van der Waals surface area contributed by atoms with Crippen molar-refractivity contribution in [2.24, 2.45) is 0 Å². The summed E-state index contributed by atoms with van der Waals surface area (Å²) in [6, 6.07) is 17.6. The Labute approximate surface area is 168 Å². The van der Waals surface area contributed by atoms with E-state index >= 15 is 0 Å². The maximum Gasteiger partial charge on any atom is 0.290 e. The second-order valence-electron chi connectivity index (χ2n) is 7.51. The van der Waals surface area contributed by atoms with Gasteiger partial charge in [0, 0.05) is 5.39 Å². The monoisotopic (exact) mass is 391 g/mol. The molecule has 1 aromatic heterocycles. The molecule has 3 aromatic rings. The number of carbonyl (C=O) groups excluding carboxylic acids is 2. The van der Waals surface area contributed by atoms with Gasteiger partial charge in [0.1, 0.15) is 5.58 Å². The summed E-state index contributed by atoms with van der Waals surface area (Å²) in [6.45, 7) is 1.11. The van der Waals surface area contributed by atoms with E-state index in [-0.39, 0.29) is 11.3 Å². The van der Waals surface area contributed by atoms with Gasteiger partial charge in [-0.25, -0.2) is 0 Å². The summed E-state index contributed by atoms with van der Waals surface area (Å²) in [5, 5.41) is 11.4. The summed E-state index contributed by atoms with van der Waals surface area (Å²) < 4.78 is 5.71. The molecule has 148 valence electrons. The van der Waals surface area contributed by atoms with Gasteiger partial charge in [-0.1, -0.05) is 48.5 Å². The molecule has 1 aliphatic rings. The molecule has 29 heavy (non-hydrogen) atoms. The van der Waals surface area contributed by atoms with Crippen molar-refractivity contribution in [1.29, 1.82) is 0 Å². The minimum Gasteiger partial charge on any atom is -0.503 e. The smallest absolute Gasteiger partial charge is 0.290 e. The highest BCUT2D eigenvalue weighted by molar-refractivity contribution is 6.16. The highest BCUT2D eigenvalue weighted by Crippen LogP contribution is 2.39. The van der Waals surface area contributed by atoms with Gasteiger partial charge in [-0.3, -0.25) is 9.59 Å². The molecule has 0 aliphatic carbocycles. The highest BCUT2D eigenvalue weighted by Gasteiger charge is 2.44. The van der Waals surface area contributed by atoms with Crippen molar-refractivity contribution < 1.29 is 24.0 Å². The topological polar surface area (TPSA) is 75.2 Å². The fourth-order valence-corrected chi connectivity index (χ4v) is 3.67. The summed E-state index contributed by atoms with van der Waals surface area (Å²) in [5.41, 5.74) is 1.43. The zero-order valence-electron chi connectivity index (χ0n) is 16.4. The Bertz CT molecular complexity index is 1070. The third-order valence-corrected chi connectivity index (χ3v) is 5.17. The average Bonchev–Trinajstić information content (AvgIpc) is 3.26. The van der Waals surface area contributed by atoms with Crippen LogP contribution in [-0.2, 0) is 4.79 Å². The number of quaternary nitrogens is 1. The highest BCUT2D eigenvalue weighted by atomic mass is 16.3. The molecule has 0 unspecified atom stereocenters. The molecule has 0 bridgehead atoms. The maximum atomic E-state index is 13.3. The predicted molar refractivity (Wildman–Crippen MR) is 109 cm³/mol. The van der Waals surface area contributed by atoms with E-state index in [0.717, 1.165) is 10.9 Å². The van der Waals surface area contributed by atoms with Gasteiger partial charge in [-0.15, -0.1) is 0 Å². The fraction of sp³-hybridized carbons (Fsp3) is 0.217. The Morgan fingerprint density at radius 3 is 2.48 bits per heavy atom. The van der Waals surface area contributed by atoms with Crippen LogP contribution >= 0.6 is 0 Å². The molecular weight excluding hydrogens is 368 g/mol. The minimum absolute atomic E-state index is 0.0639. The van der Waals surface area contributed by atoms with Crippen molar-refractivity contribution in [3.63, 3.8) is 0 Å². The van der Waals surface area contributed by atoms with Crippen LogP contribution in [0, 0.1) is 0 Å². The SMILES string of the molecule is C[NH+](C)CCN1C(=O)C(O)=C(C(=O)c2cc3ccccc3o2)[C@@H]1c1ccccc1. The number of para-hydroxylation sites is 1. The number of hydrogen-bond donors (Lipinski definition) is 2. The fourth-order valence-electron chi connectivity index (χ4n) is 3.67. The van der Waals surface area contributed by atoms with Gasteiger partial charge in [0.05, 0.1) is 38.8 Å². The molecular formula is C23H23N2O4+. The van der Waals surface area contributed by atoms with Crippen LogP contribution in [0.25, 0.3) is 11.0 Å². The lowest BCUT2D eigenvalue weighted by molar-refractivity contribution is -0.857. The molecule has 2 aromatic carbocycles. The standard InChI is InChI=1S/C23H22N2O4/c1-24(2)12-13-25-20(15-8-4-3-5-9-15)19(22(27)23(25)28)21(26)18-14-16-10-6-7-11-17(16)29-18/h3-11,14,20,27H,12-13H2,1-2H3/p+1/t20-/m0/s1. The molecule has 2 heterocycles. The van der Waals surface area contributed by atoms with Crippen molar-refractivity contribution in [3.8, 4) is 0 Å². The number of ketones is 1. The van der Waals surface area contributed by atoms with Crippen LogP contribution in [0.3, 0.4) is 0 Å². The number of Topliss-reactive ketones (excluding diaryl/α,β-unsaturated/α-hetero) is 1. The van der Waals surface area contributed by atoms with Crippen LogP contribution < -0.4 is 4.90 Å². The first-order valence-corrected chi connectivity index (χ1v) is 9.58. The normalized spacial score (nSPS) is 17.0. The molecule has 6 heteroatoms. The third-order valence-electron chi connectivity index (χ3n) is 5.17. The second-order valence-corrected chi connectivity index (χ2v) is 7.51. The van der Waals surface area contributed by atoms with Crippen molar-refractivity contribution in [1.82, 2.24) is 4.90 Å². The summed E-state index contributed by atoms with van der Waals surface area (Å²) in [5.74, 6) is -1.39. The number of fused-ring (bicyclic) bond motifs is 1. The summed E-state index contributed by atoms with van der Waals surface area (Å²) in [7, 11) is 3.98. The number of furan rings is 1. The quantitative estimate of drug-likeness (QED) is 0.632. The van der Waals surface area contributed by atoms with E-state index in [1.807, 2.05) is 62.6 Å². The number of nitrogens with zero attached hydrogens (tertiary/aromatic N) is 1. The molecule has 1 atom stereocenters. The van der Waals surface area contributed by atoms with Crippen molar-refractivity contribution >= 4 is 22.7 Å². The van der Waals surface area contributed by atoms with Crippen molar-refractivity contribution in [2.45, 2.75) is 6.04 Å². The largest absolute Gasteiger partial charge is 0.503 e. The number of nitrogens with one attached hydrogen (secondary N) is 1. The van der Waals surface area contributed by atoms with E-state index < -0.39 is 23.5 Å². The Kier molecular flexibility index (Phi) is 4.94. The van der Waals surface area contributed by atoms with E-state index in [1.165, 1.54) is 4.90 Å². The van der Waals surface area contributed by atoms with E-state index in [0.29, 0.717) is 18.7 Å². The lowest BCUT2D eigenvalue weighted by Gasteiger charge is -2.26. The molecule has 1 aliphatic heterocycles. The minimum atomic E-state index is -0.649. The second kappa shape index (κ2) is 7.56. The van der Waals surface area contributed by atoms with Crippen molar-refractivity contribution in [3.05, 3.63) is 83.3 Å². The lowest BCUT2D eigenvalue weighted by Crippen LogP contribution is -3.06. The first kappa shape index (κ1) is 19.0. The average molecular weight is 391 g/mol. The summed E-state index contributed by atoms with van der Waals surface area (Å²) >= 11 is 0. The zero-order chi connectivity index (χ0) is 20.5. The van der Waals surface area contributed by atoms with Gasteiger partial charge in [0.25, 0.3) is 5.91 Å². The predicted octanol–water partition coefficient (Wildman–Crippen LogP) is 2.16. The molecule has 2 N–H and O–H groups in total. The van der Waals surface area contributed by atoms with Gasteiger partial charge >= 0.3 is 0 Å². The summed E-state index contributed by atoms with van der Waals surface area (Å²) in [4.78, 5) is 28.9. The third kappa shape index (κ3) is 3.43. The lowest BCUT2D eigenvalue weighted by atomic mass is 9.95. The Morgan fingerprint density at radius 2 is 1.79 bits per heavy atom. The van der Waals surface area contributed by atoms with Crippen LogP contribution in [0.4, 0.5) is 0 Å². The Hall–Kier alpha value is -3.38. The van der Waals surface area contributed by atoms with Gasteiger partial charge in [0.2, 0.25) is 5.78 Å². The van der Waals surface area contributed by atoms with Crippen LogP contribution in [-0.4, -0.2) is 48.9 Å². The molecule has 1 amide bonds. The molecule has 0 saturated carbocycles. The number of benzene rings is 2. The van der Waals surface area contributed by atoms with Gasteiger partial charge < -0.3 is 19.3 Å². The van der Waals surface area contributed by atoms with Crippen LogP contribution in [0.15, 0.2) is 76.4 Å². The number of amides is 1. The number of rotatable bonds is 6. The number of likely N-dealkylation sites (N-methyl/N-ethyl adjacent to an activating group) is 1. The molecule has 0 fully saturated rings. The molecule has 4 rings (SSSR count). The molecule has 0 saturated heterocycles. The van der Waals surface area contributed by atoms with E-state index in [1.54, 1.807) is 17.0 Å². The van der Waals surface area contributed by atoms with Crippen molar-refractivity contribution in [2.75, 3.05) is 27.2 Å². The zero-order valence-corrected chi connectivity index (χ0v) is 16.4. The number of aliphatic hydroxyl groups is 1. The summed E-state index contributed by atoms with van der Waals surface area (Å²) in [6.07, 6.45) is 0. The van der Waals surface area contributed by atoms with Gasteiger partial charge in [-0.2, -0.15) is 0 Å². The number of hydrogen-bond acceptors (Lipinski definition) is 4.